The number of carbonyl (C=O) groups is 1. The first-order valence-electron chi connectivity index (χ1n) is 6.98. The lowest BCUT2D eigenvalue weighted by Gasteiger charge is -2.32. The molecule has 1 aromatic rings. The minimum atomic E-state index is 0.0291. The number of piperidine rings is 1. The number of benzene rings is 1. The second-order valence-corrected chi connectivity index (χ2v) is 5.92. The van der Waals surface area contributed by atoms with Gasteiger partial charge in [0.25, 0.3) is 5.91 Å². The van der Waals surface area contributed by atoms with Crippen molar-refractivity contribution in [2.45, 2.75) is 32.2 Å². The smallest absolute Gasteiger partial charge is 0.252 e. The monoisotopic (exact) mass is 324 g/mol. The van der Waals surface area contributed by atoms with Crippen LogP contribution in [-0.2, 0) is 0 Å². The molecule has 0 spiro atoms. The maximum Gasteiger partial charge on any atom is 0.252 e. The van der Waals surface area contributed by atoms with Crippen LogP contribution in [0.25, 0.3) is 0 Å². The summed E-state index contributed by atoms with van der Waals surface area (Å²) in [7, 11) is 0. The van der Waals surface area contributed by atoms with E-state index >= 15 is 0 Å². The van der Waals surface area contributed by atoms with Crippen LogP contribution in [0, 0.1) is 0 Å². The molecule has 3 nitrogen and oxygen atoms in total. The normalized spacial score (nSPS) is 17.4. The maximum absolute atomic E-state index is 12.2. The van der Waals surface area contributed by atoms with Gasteiger partial charge in [0.2, 0.25) is 0 Å². The third-order valence-electron chi connectivity index (χ3n) is 3.58. The Morgan fingerprint density at radius 3 is 2.68 bits per heavy atom. The van der Waals surface area contributed by atoms with Gasteiger partial charge in [-0.3, -0.25) is 4.79 Å². The molecule has 1 heterocycles. The van der Waals surface area contributed by atoms with Crippen molar-refractivity contribution in [1.29, 1.82) is 0 Å². The molecule has 1 aromatic carbocycles. The predicted molar refractivity (Wildman–Crippen MR) is 81.4 cm³/mol. The fourth-order valence-electron chi connectivity index (χ4n) is 2.53. The molecule has 19 heavy (non-hydrogen) atoms. The van der Waals surface area contributed by atoms with Crippen molar-refractivity contribution in [2.24, 2.45) is 0 Å². The molecule has 0 aliphatic carbocycles. The summed E-state index contributed by atoms with van der Waals surface area (Å²) < 4.78 is 0.857. The number of carbonyl (C=O) groups excluding carboxylic acids is 1. The van der Waals surface area contributed by atoms with Gasteiger partial charge in [0, 0.05) is 23.6 Å². The van der Waals surface area contributed by atoms with Gasteiger partial charge < -0.3 is 10.2 Å². The number of nitrogens with zero attached hydrogens (tertiary/aromatic N) is 1. The van der Waals surface area contributed by atoms with Gasteiger partial charge in [-0.2, -0.15) is 0 Å². The highest BCUT2D eigenvalue weighted by Crippen LogP contribution is 2.17. The van der Waals surface area contributed by atoms with Gasteiger partial charge in [0.15, 0.2) is 0 Å². The summed E-state index contributed by atoms with van der Waals surface area (Å²) in [5.74, 6) is 0.0291. The molecule has 104 valence electrons. The summed E-state index contributed by atoms with van der Waals surface area (Å²) in [5, 5.41) is 3.14. The van der Waals surface area contributed by atoms with Crippen molar-refractivity contribution >= 4 is 21.8 Å². The third kappa shape index (κ3) is 4.05. The predicted octanol–water partition coefficient (Wildman–Crippen LogP) is 3.05. The summed E-state index contributed by atoms with van der Waals surface area (Å²) in [6, 6.07) is 7.88. The van der Waals surface area contributed by atoms with Crippen molar-refractivity contribution in [3.63, 3.8) is 0 Å². The highest BCUT2D eigenvalue weighted by Gasteiger charge is 2.21. The van der Waals surface area contributed by atoms with E-state index in [4.69, 9.17) is 0 Å². The Kier molecular flexibility index (Phi) is 5.40. The molecule has 1 fully saturated rings. The molecular weight excluding hydrogens is 304 g/mol. The quantitative estimate of drug-likeness (QED) is 0.923. The second-order valence-electron chi connectivity index (χ2n) is 5.07. The molecule has 1 amide bonds. The standard InChI is InChI=1S/C15H21BrN2O/c1-2-9-18-10-7-12(8-11-18)17-15(19)13-5-3-4-6-14(13)16/h3-6,12H,2,7-11H2,1H3,(H,17,19). The van der Waals surface area contributed by atoms with Crippen LogP contribution in [0.4, 0.5) is 0 Å². The Hall–Kier alpha value is -0.870. The molecule has 1 aliphatic rings. The van der Waals surface area contributed by atoms with E-state index in [1.807, 2.05) is 24.3 Å². The molecule has 0 saturated carbocycles. The van der Waals surface area contributed by atoms with Gasteiger partial charge in [-0.25, -0.2) is 0 Å². The van der Waals surface area contributed by atoms with Gasteiger partial charge in [0.1, 0.15) is 0 Å². The van der Waals surface area contributed by atoms with Gasteiger partial charge in [0.05, 0.1) is 5.56 Å². The van der Waals surface area contributed by atoms with Gasteiger partial charge in [-0.05, 0) is 53.9 Å². The molecule has 1 aliphatic heterocycles. The van der Waals surface area contributed by atoms with Crippen LogP contribution in [0.15, 0.2) is 28.7 Å². The Morgan fingerprint density at radius 1 is 1.37 bits per heavy atom. The topological polar surface area (TPSA) is 32.3 Å². The van der Waals surface area contributed by atoms with E-state index in [1.165, 1.54) is 13.0 Å². The molecule has 0 bridgehead atoms. The molecule has 0 radical (unpaired) electrons. The summed E-state index contributed by atoms with van der Waals surface area (Å²) in [4.78, 5) is 14.7. The highest BCUT2D eigenvalue weighted by atomic mass is 79.9. The first-order valence-corrected chi connectivity index (χ1v) is 7.77. The summed E-state index contributed by atoms with van der Waals surface area (Å²) in [6.07, 6.45) is 3.31. The lowest BCUT2D eigenvalue weighted by molar-refractivity contribution is 0.0910. The molecule has 4 heteroatoms. The number of halogens is 1. The lowest BCUT2D eigenvalue weighted by Crippen LogP contribution is -2.44. The molecule has 0 atom stereocenters. The van der Waals surface area contributed by atoms with E-state index in [2.05, 4.69) is 33.1 Å². The minimum Gasteiger partial charge on any atom is -0.349 e. The molecular formula is C15H21BrN2O. The van der Waals surface area contributed by atoms with Crippen LogP contribution in [0.3, 0.4) is 0 Å². The van der Waals surface area contributed by atoms with Crippen molar-refractivity contribution in [3.8, 4) is 0 Å². The lowest BCUT2D eigenvalue weighted by atomic mass is 10.0. The molecule has 1 N–H and O–H groups in total. The fraction of sp³-hybridized carbons (Fsp3) is 0.533. The summed E-state index contributed by atoms with van der Waals surface area (Å²) in [5.41, 5.74) is 0.721. The second kappa shape index (κ2) is 7.06. The largest absolute Gasteiger partial charge is 0.349 e. The molecule has 0 aromatic heterocycles. The average molecular weight is 325 g/mol. The zero-order chi connectivity index (χ0) is 13.7. The van der Waals surface area contributed by atoms with Crippen molar-refractivity contribution < 1.29 is 4.79 Å². The van der Waals surface area contributed by atoms with Crippen LogP contribution < -0.4 is 5.32 Å². The summed E-state index contributed by atoms with van der Waals surface area (Å²) in [6.45, 7) is 5.56. The molecule has 0 unspecified atom stereocenters. The maximum atomic E-state index is 12.2. The first-order chi connectivity index (χ1) is 9.20. The van der Waals surface area contributed by atoms with Gasteiger partial charge in [-0.15, -0.1) is 0 Å². The van der Waals surface area contributed by atoms with Crippen LogP contribution in [0.2, 0.25) is 0 Å². The van der Waals surface area contributed by atoms with Crippen LogP contribution >= 0.6 is 15.9 Å². The van der Waals surface area contributed by atoms with E-state index in [-0.39, 0.29) is 5.91 Å². The molecule has 2 rings (SSSR count). The van der Waals surface area contributed by atoms with E-state index in [9.17, 15) is 4.79 Å². The Bertz CT molecular complexity index is 428. The number of nitrogens with one attached hydrogen (secondary N) is 1. The van der Waals surface area contributed by atoms with Crippen LogP contribution in [0.5, 0.6) is 0 Å². The average Bonchev–Trinajstić information content (AvgIpc) is 2.42. The Labute approximate surface area is 123 Å². The number of rotatable bonds is 4. The fourth-order valence-corrected chi connectivity index (χ4v) is 2.99. The van der Waals surface area contributed by atoms with Crippen LogP contribution in [0.1, 0.15) is 36.5 Å². The zero-order valence-electron chi connectivity index (χ0n) is 11.4. The van der Waals surface area contributed by atoms with Crippen molar-refractivity contribution in [3.05, 3.63) is 34.3 Å². The van der Waals surface area contributed by atoms with Crippen molar-refractivity contribution in [2.75, 3.05) is 19.6 Å². The number of amides is 1. The summed E-state index contributed by atoms with van der Waals surface area (Å²) >= 11 is 3.42. The van der Waals surface area contributed by atoms with Gasteiger partial charge >= 0.3 is 0 Å². The SMILES string of the molecule is CCCN1CCC(NC(=O)c2ccccc2Br)CC1. The Balaban J connectivity index is 1.86. The van der Waals surface area contributed by atoms with Crippen LogP contribution in [-0.4, -0.2) is 36.5 Å². The van der Waals surface area contributed by atoms with Gasteiger partial charge in [-0.1, -0.05) is 19.1 Å². The number of hydrogen-bond donors (Lipinski definition) is 1. The molecule has 1 saturated heterocycles. The number of hydrogen-bond acceptors (Lipinski definition) is 2. The van der Waals surface area contributed by atoms with E-state index in [0.717, 1.165) is 36.0 Å². The van der Waals surface area contributed by atoms with E-state index in [0.29, 0.717) is 6.04 Å². The van der Waals surface area contributed by atoms with E-state index < -0.39 is 0 Å². The first kappa shape index (κ1) is 14.5. The Morgan fingerprint density at radius 2 is 2.05 bits per heavy atom. The minimum absolute atomic E-state index is 0.0291. The van der Waals surface area contributed by atoms with E-state index in [1.54, 1.807) is 0 Å². The zero-order valence-corrected chi connectivity index (χ0v) is 12.9. The third-order valence-corrected chi connectivity index (χ3v) is 4.27. The van der Waals surface area contributed by atoms with Crippen molar-refractivity contribution in [1.82, 2.24) is 10.2 Å². The number of likely N-dealkylation sites (tertiary alicyclic amines) is 1. The highest BCUT2D eigenvalue weighted by molar-refractivity contribution is 9.10.